The molecule has 0 unspecified atom stereocenters. The van der Waals surface area contributed by atoms with Gasteiger partial charge in [0.1, 0.15) is 0 Å². The Kier molecular flexibility index (Phi) is 4.02. The number of hydrogen-bond acceptors (Lipinski definition) is 4. The van der Waals surface area contributed by atoms with Gasteiger partial charge in [-0.2, -0.15) is 0 Å². The molecule has 3 rings (SSSR count). The number of carboxylic acid groups (broad SMARTS) is 1. The van der Waals surface area contributed by atoms with Gasteiger partial charge in [-0.3, -0.25) is 9.59 Å². The summed E-state index contributed by atoms with van der Waals surface area (Å²) in [4.78, 5) is 28.2. The number of carboxylic acids is 1. The van der Waals surface area contributed by atoms with Crippen LogP contribution in [0.1, 0.15) is 16.8 Å². The van der Waals surface area contributed by atoms with E-state index in [0.717, 1.165) is 5.69 Å². The van der Waals surface area contributed by atoms with Gasteiger partial charge in [0.2, 0.25) is 0 Å². The quantitative estimate of drug-likeness (QED) is 0.910. The topological polar surface area (TPSA) is 70.1 Å². The number of aliphatic carboxylic acids is 1. The van der Waals surface area contributed by atoms with Crippen LogP contribution in [0.15, 0.2) is 24.3 Å². The third-order valence-corrected chi connectivity index (χ3v) is 5.03. The first-order chi connectivity index (χ1) is 10.9. The van der Waals surface area contributed by atoms with Crippen LogP contribution in [0.4, 0.5) is 5.69 Å². The van der Waals surface area contributed by atoms with Crippen LogP contribution in [0.3, 0.4) is 0 Å². The number of hydrogen-bond donors (Lipinski definition) is 1. The van der Waals surface area contributed by atoms with Crippen molar-refractivity contribution >= 4 is 17.6 Å². The van der Waals surface area contributed by atoms with Crippen molar-refractivity contribution in [3.8, 4) is 0 Å². The number of anilines is 1. The maximum atomic E-state index is 12.8. The summed E-state index contributed by atoms with van der Waals surface area (Å²) >= 11 is 0. The molecule has 1 amide bonds. The first-order valence-electron chi connectivity index (χ1n) is 7.82. The second kappa shape index (κ2) is 5.85. The van der Waals surface area contributed by atoms with E-state index in [1.165, 1.54) is 0 Å². The lowest BCUT2D eigenvalue weighted by atomic mass is 9.74. The molecule has 1 N–H and O–H groups in total. The van der Waals surface area contributed by atoms with Crippen molar-refractivity contribution in [1.82, 2.24) is 4.90 Å². The molecule has 1 aromatic carbocycles. The zero-order valence-electron chi connectivity index (χ0n) is 13.5. The molecule has 2 heterocycles. The Bertz CT molecular complexity index is 631. The summed E-state index contributed by atoms with van der Waals surface area (Å²) in [5.41, 5.74) is 0.688. The highest BCUT2D eigenvalue weighted by molar-refractivity contribution is 5.96. The Morgan fingerprint density at radius 2 is 2.17 bits per heavy atom. The Morgan fingerprint density at radius 3 is 2.83 bits per heavy atom. The lowest BCUT2D eigenvalue weighted by Gasteiger charge is -2.33. The van der Waals surface area contributed by atoms with E-state index in [4.69, 9.17) is 4.74 Å². The minimum absolute atomic E-state index is 0.108. The second-order valence-corrected chi connectivity index (χ2v) is 6.61. The molecule has 2 aliphatic heterocycles. The van der Waals surface area contributed by atoms with E-state index in [9.17, 15) is 14.7 Å². The van der Waals surface area contributed by atoms with E-state index in [0.29, 0.717) is 31.7 Å². The van der Waals surface area contributed by atoms with Gasteiger partial charge in [-0.1, -0.05) is 6.07 Å². The predicted octanol–water partition coefficient (Wildman–Crippen LogP) is 1.32. The molecule has 2 aliphatic rings. The fourth-order valence-corrected chi connectivity index (χ4v) is 3.55. The van der Waals surface area contributed by atoms with Crippen molar-refractivity contribution < 1.29 is 19.4 Å². The van der Waals surface area contributed by atoms with Crippen LogP contribution in [0.2, 0.25) is 0 Å². The number of carbonyl (C=O) groups excluding carboxylic acids is 1. The molecule has 6 nitrogen and oxygen atoms in total. The van der Waals surface area contributed by atoms with Gasteiger partial charge in [0.15, 0.2) is 0 Å². The zero-order chi connectivity index (χ0) is 16.6. The number of benzene rings is 1. The number of rotatable bonds is 3. The van der Waals surface area contributed by atoms with Crippen molar-refractivity contribution in [3.63, 3.8) is 0 Å². The molecule has 2 atom stereocenters. The number of fused-ring (bicyclic) bond motifs is 1. The maximum absolute atomic E-state index is 12.8. The summed E-state index contributed by atoms with van der Waals surface area (Å²) < 4.78 is 5.43. The SMILES string of the molecule is CN(C)c1cccc(C(=O)N2C[C@H]3COCC[C@@]3(C(=O)O)C2)c1. The smallest absolute Gasteiger partial charge is 0.311 e. The summed E-state index contributed by atoms with van der Waals surface area (Å²) in [6.07, 6.45) is 0.467. The van der Waals surface area contributed by atoms with Gasteiger partial charge in [-0.25, -0.2) is 0 Å². The molecule has 2 fully saturated rings. The Hall–Kier alpha value is -2.08. The van der Waals surface area contributed by atoms with E-state index in [1.807, 2.05) is 37.2 Å². The van der Waals surface area contributed by atoms with E-state index >= 15 is 0 Å². The van der Waals surface area contributed by atoms with E-state index in [-0.39, 0.29) is 18.4 Å². The number of amides is 1. The first-order valence-corrected chi connectivity index (χ1v) is 7.82. The van der Waals surface area contributed by atoms with E-state index in [1.54, 1.807) is 11.0 Å². The van der Waals surface area contributed by atoms with Crippen LogP contribution >= 0.6 is 0 Å². The van der Waals surface area contributed by atoms with Crippen molar-refractivity contribution in [2.45, 2.75) is 6.42 Å². The van der Waals surface area contributed by atoms with Gasteiger partial charge >= 0.3 is 5.97 Å². The lowest BCUT2D eigenvalue weighted by Crippen LogP contribution is -2.45. The molecule has 2 saturated heterocycles. The van der Waals surface area contributed by atoms with E-state index in [2.05, 4.69) is 0 Å². The highest BCUT2D eigenvalue weighted by atomic mass is 16.5. The molecule has 0 bridgehead atoms. The van der Waals surface area contributed by atoms with E-state index < -0.39 is 11.4 Å². The van der Waals surface area contributed by atoms with Gasteiger partial charge in [-0.15, -0.1) is 0 Å². The van der Waals surface area contributed by atoms with Crippen molar-refractivity contribution in [2.24, 2.45) is 11.3 Å². The Labute approximate surface area is 135 Å². The van der Waals surface area contributed by atoms with Gasteiger partial charge in [0, 0.05) is 51.0 Å². The van der Waals surface area contributed by atoms with Crippen LogP contribution in [0, 0.1) is 11.3 Å². The zero-order valence-corrected chi connectivity index (χ0v) is 13.5. The highest BCUT2D eigenvalue weighted by Crippen LogP contribution is 2.42. The molecule has 0 saturated carbocycles. The standard InChI is InChI=1S/C17H22N2O4/c1-18(2)14-5-3-4-12(8-14)15(20)19-9-13-10-23-7-6-17(13,11-19)16(21)22/h3-5,8,13H,6-7,9-11H2,1-2H3,(H,21,22)/t13-,17+/m0/s1. The van der Waals surface area contributed by atoms with Crippen molar-refractivity contribution in [3.05, 3.63) is 29.8 Å². The summed E-state index contributed by atoms with van der Waals surface area (Å²) in [5, 5.41) is 9.69. The fourth-order valence-electron chi connectivity index (χ4n) is 3.55. The minimum atomic E-state index is -0.854. The molecule has 1 aromatic rings. The summed E-state index contributed by atoms with van der Waals surface area (Å²) in [5.74, 6) is -1.05. The van der Waals surface area contributed by atoms with Crippen molar-refractivity contribution in [2.75, 3.05) is 45.3 Å². The average Bonchev–Trinajstić information content (AvgIpc) is 2.95. The first kappa shape index (κ1) is 15.8. The average molecular weight is 318 g/mol. The minimum Gasteiger partial charge on any atom is -0.481 e. The predicted molar refractivity (Wildman–Crippen MR) is 85.7 cm³/mol. The number of nitrogens with zero attached hydrogens (tertiary/aromatic N) is 2. The number of ether oxygens (including phenoxy) is 1. The third kappa shape index (κ3) is 2.67. The lowest BCUT2D eigenvalue weighted by molar-refractivity contribution is -0.157. The molecule has 0 spiro atoms. The monoisotopic (exact) mass is 318 g/mol. The molecule has 0 aromatic heterocycles. The van der Waals surface area contributed by atoms with Crippen LogP contribution in [0.5, 0.6) is 0 Å². The molecular formula is C17H22N2O4. The normalized spacial score (nSPS) is 26.7. The number of likely N-dealkylation sites (tertiary alicyclic amines) is 1. The largest absolute Gasteiger partial charge is 0.481 e. The molecule has 124 valence electrons. The fraction of sp³-hybridized carbons (Fsp3) is 0.529. The van der Waals surface area contributed by atoms with Gasteiger partial charge < -0.3 is 19.6 Å². The van der Waals surface area contributed by atoms with Gasteiger partial charge in [0.05, 0.1) is 12.0 Å². The van der Waals surface area contributed by atoms with Crippen LogP contribution in [-0.2, 0) is 9.53 Å². The van der Waals surface area contributed by atoms with Gasteiger partial charge in [0.25, 0.3) is 5.91 Å². The molecule has 23 heavy (non-hydrogen) atoms. The summed E-state index contributed by atoms with van der Waals surface area (Å²) in [6.45, 7) is 1.56. The Balaban J connectivity index is 1.84. The summed E-state index contributed by atoms with van der Waals surface area (Å²) in [6, 6.07) is 7.41. The Morgan fingerprint density at radius 1 is 1.39 bits per heavy atom. The third-order valence-electron chi connectivity index (χ3n) is 5.03. The van der Waals surface area contributed by atoms with Gasteiger partial charge in [-0.05, 0) is 24.6 Å². The molecule has 0 aliphatic carbocycles. The van der Waals surface area contributed by atoms with Crippen LogP contribution in [-0.4, -0.2) is 62.3 Å². The van der Waals surface area contributed by atoms with Crippen molar-refractivity contribution in [1.29, 1.82) is 0 Å². The maximum Gasteiger partial charge on any atom is 0.311 e. The van der Waals surface area contributed by atoms with Crippen LogP contribution < -0.4 is 4.90 Å². The summed E-state index contributed by atoms with van der Waals surface area (Å²) in [7, 11) is 3.84. The molecule has 0 radical (unpaired) electrons. The molecular weight excluding hydrogens is 296 g/mol. The molecule has 6 heteroatoms. The van der Waals surface area contributed by atoms with Crippen LogP contribution in [0.25, 0.3) is 0 Å². The second-order valence-electron chi connectivity index (χ2n) is 6.61. The highest BCUT2D eigenvalue weighted by Gasteiger charge is 2.54. The number of carbonyl (C=O) groups is 2.